The summed E-state index contributed by atoms with van der Waals surface area (Å²) in [6.45, 7) is 0. The van der Waals surface area contributed by atoms with Crippen molar-refractivity contribution in [3.05, 3.63) is 143 Å². The highest BCUT2D eigenvalue weighted by Crippen LogP contribution is 2.54. The third-order valence-corrected chi connectivity index (χ3v) is 8.71. The third kappa shape index (κ3) is 8.65. The van der Waals surface area contributed by atoms with Crippen LogP contribution in [0, 0.1) is 0 Å². The Kier molecular flexibility index (Phi) is 11.7. The first kappa shape index (κ1) is 34.7. The van der Waals surface area contributed by atoms with Gasteiger partial charge in [-0.05, 0) is 42.4 Å². The van der Waals surface area contributed by atoms with Gasteiger partial charge in [0.1, 0.15) is 28.9 Å². The van der Waals surface area contributed by atoms with Gasteiger partial charge in [-0.2, -0.15) is 0 Å². The van der Waals surface area contributed by atoms with Crippen LogP contribution in [0.15, 0.2) is 109 Å². The van der Waals surface area contributed by atoms with Gasteiger partial charge in [0.15, 0.2) is 5.78 Å². The summed E-state index contributed by atoms with van der Waals surface area (Å²) in [7, 11) is 0. The molecule has 0 spiro atoms. The zero-order valence-electron chi connectivity index (χ0n) is 27.1. The molecule has 5 rings (SSSR count). The van der Waals surface area contributed by atoms with Crippen molar-refractivity contribution in [2.45, 2.75) is 62.9 Å². The molecule has 3 unspecified atom stereocenters. The summed E-state index contributed by atoms with van der Waals surface area (Å²) < 4.78 is 6.55. The SMILES string of the molecule is O=C(O)CCCC=CC(c1ccccc1)c1c(O)c2c(c(C(C=Cc3ccccc3)CCCC(=O)O)c1O)OC(c1ccccc1)CC2=O. The Labute approximate surface area is 285 Å². The van der Waals surface area contributed by atoms with Crippen molar-refractivity contribution in [3.63, 3.8) is 0 Å². The largest absolute Gasteiger partial charge is 0.507 e. The molecular weight excluding hydrogens is 620 g/mol. The molecule has 0 saturated carbocycles. The summed E-state index contributed by atoms with van der Waals surface area (Å²) in [5.41, 5.74) is 2.80. The number of unbranched alkanes of at least 4 members (excludes halogenated alkanes) is 1. The Bertz CT molecular complexity index is 1810. The molecule has 49 heavy (non-hydrogen) atoms. The number of ketones is 1. The number of carbonyl (C=O) groups is 3. The molecule has 1 heterocycles. The number of carboxylic acids is 2. The maximum atomic E-state index is 14.0. The summed E-state index contributed by atoms with van der Waals surface area (Å²) in [4.78, 5) is 36.7. The zero-order valence-corrected chi connectivity index (χ0v) is 27.1. The molecule has 3 atom stereocenters. The molecule has 1 aliphatic heterocycles. The van der Waals surface area contributed by atoms with Crippen molar-refractivity contribution in [2.75, 3.05) is 0 Å². The fraction of sp³-hybridized carbons (Fsp3) is 0.244. The van der Waals surface area contributed by atoms with E-state index in [1.54, 1.807) is 0 Å². The lowest BCUT2D eigenvalue weighted by molar-refractivity contribution is -0.138. The first-order chi connectivity index (χ1) is 23.7. The van der Waals surface area contributed by atoms with Crippen molar-refractivity contribution in [1.29, 1.82) is 0 Å². The molecule has 0 bridgehead atoms. The van der Waals surface area contributed by atoms with Gasteiger partial charge in [-0.15, -0.1) is 0 Å². The van der Waals surface area contributed by atoms with Crippen LogP contribution in [0.5, 0.6) is 17.2 Å². The van der Waals surface area contributed by atoms with Gasteiger partial charge in [-0.1, -0.05) is 115 Å². The predicted octanol–water partition coefficient (Wildman–Crippen LogP) is 8.80. The number of rotatable bonds is 15. The van der Waals surface area contributed by atoms with Crippen molar-refractivity contribution in [3.8, 4) is 17.2 Å². The number of carbonyl (C=O) groups excluding carboxylic acids is 1. The summed E-state index contributed by atoms with van der Waals surface area (Å²) in [5, 5.41) is 42.8. The third-order valence-electron chi connectivity index (χ3n) is 8.71. The second-order valence-corrected chi connectivity index (χ2v) is 12.1. The Morgan fingerprint density at radius 2 is 1.39 bits per heavy atom. The molecule has 252 valence electrons. The number of carboxylic acid groups (broad SMARTS) is 2. The van der Waals surface area contributed by atoms with E-state index in [0.717, 1.165) is 16.7 Å². The number of ether oxygens (including phenoxy) is 1. The van der Waals surface area contributed by atoms with Crippen molar-refractivity contribution in [1.82, 2.24) is 0 Å². The molecule has 4 N–H and O–H groups in total. The van der Waals surface area contributed by atoms with Crippen LogP contribution < -0.4 is 4.74 Å². The Morgan fingerprint density at radius 3 is 2.04 bits per heavy atom. The van der Waals surface area contributed by atoms with Crippen molar-refractivity contribution in [2.24, 2.45) is 0 Å². The molecule has 8 nitrogen and oxygen atoms in total. The molecule has 0 fully saturated rings. The summed E-state index contributed by atoms with van der Waals surface area (Å²) >= 11 is 0. The lowest BCUT2D eigenvalue weighted by Crippen LogP contribution is -2.23. The van der Waals surface area contributed by atoms with Gasteiger partial charge in [0.2, 0.25) is 0 Å². The first-order valence-corrected chi connectivity index (χ1v) is 16.5. The normalized spacial score (nSPS) is 15.5. The lowest BCUT2D eigenvalue weighted by atomic mass is 9.80. The molecular formula is C41H40O8. The maximum Gasteiger partial charge on any atom is 0.303 e. The standard InChI is InChI=1S/C41H40O8/c42-32-26-33(29-18-9-3-10-19-29)49-41-36(30(20-13-23-35(45)46)25-24-27-14-5-1-6-15-27)39(47)37(40(48)38(32)41)31(28-16-7-2-8-17-28)21-11-4-12-22-34(43)44/h1-3,5-11,14-19,21,24-25,30-31,33,47-48H,4,12-13,20,22-23,26H2,(H,43,44)(H,45,46). The minimum Gasteiger partial charge on any atom is -0.507 e. The van der Waals surface area contributed by atoms with Gasteiger partial charge in [-0.3, -0.25) is 14.4 Å². The van der Waals surface area contributed by atoms with Gasteiger partial charge in [-0.25, -0.2) is 0 Å². The van der Waals surface area contributed by atoms with Gasteiger partial charge >= 0.3 is 11.9 Å². The highest BCUT2D eigenvalue weighted by Gasteiger charge is 2.39. The second-order valence-electron chi connectivity index (χ2n) is 12.1. The van der Waals surface area contributed by atoms with Crippen molar-refractivity contribution >= 4 is 23.8 Å². The molecule has 0 aliphatic carbocycles. The fourth-order valence-electron chi connectivity index (χ4n) is 6.31. The number of aromatic hydroxyl groups is 2. The van der Waals surface area contributed by atoms with Crippen LogP contribution in [0.4, 0.5) is 0 Å². The summed E-state index contributed by atoms with van der Waals surface area (Å²) in [6, 6.07) is 28.1. The summed E-state index contributed by atoms with van der Waals surface area (Å²) in [6.07, 6.45) is 8.07. The Hall–Kier alpha value is -5.63. The summed E-state index contributed by atoms with van der Waals surface area (Å²) in [5.74, 6) is -4.03. The van der Waals surface area contributed by atoms with E-state index in [0.29, 0.717) is 24.8 Å². The maximum absolute atomic E-state index is 14.0. The van der Waals surface area contributed by atoms with E-state index in [2.05, 4.69) is 0 Å². The number of phenolic OH excluding ortho intramolecular Hbond substituents is 2. The molecule has 1 aliphatic rings. The van der Waals surface area contributed by atoms with E-state index >= 15 is 0 Å². The minimum atomic E-state index is -0.948. The average molecular weight is 661 g/mol. The number of fused-ring (bicyclic) bond motifs is 1. The number of hydrogen-bond donors (Lipinski definition) is 4. The monoisotopic (exact) mass is 660 g/mol. The minimum absolute atomic E-state index is 0.0000302. The van der Waals surface area contributed by atoms with Crippen molar-refractivity contribution < 1.29 is 39.5 Å². The molecule has 8 heteroatoms. The quantitative estimate of drug-likeness (QED) is 0.0732. The highest BCUT2D eigenvalue weighted by molar-refractivity contribution is 6.04. The molecule has 0 saturated heterocycles. The van der Waals surface area contributed by atoms with Gasteiger partial charge in [0, 0.05) is 35.8 Å². The topological polar surface area (TPSA) is 141 Å². The van der Waals surface area contributed by atoms with Crippen LogP contribution in [0.25, 0.3) is 6.08 Å². The number of benzene rings is 4. The van der Waals surface area contributed by atoms with Crippen LogP contribution in [-0.4, -0.2) is 38.1 Å². The average Bonchev–Trinajstić information content (AvgIpc) is 3.10. The van der Waals surface area contributed by atoms with E-state index in [-0.39, 0.29) is 59.8 Å². The number of allylic oxidation sites excluding steroid dienone is 3. The van der Waals surface area contributed by atoms with Crippen LogP contribution in [0.2, 0.25) is 0 Å². The molecule has 0 amide bonds. The van der Waals surface area contributed by atoms with Crippen LogP contribution in [0.3, 0.4) is 0 Å². The van der Waals surface area contributed by atoms with Crippen LogP contribution >= 0.6 is 0 Å². The van der Waals surface area contributed by atoms with Gasteiger partial charge < -0.3 is 25.2 Å². The Balaban J connectivity index is 1.72. The number of hydrogen-bond acceptors (Lipinski definition) is 6. The lowest BCUT2D eigenvalue weighted by Gasteiger charge is -2.32. The Morgan fingerprint density at radius 1 is 0.776 bits per heavy atom. The number of Topliss-reactive ketones (excluding diaryl/α,β-unsaturated/α-hetero) is 1. The van der Waals surface area contributed by atoms with E-state index in [1.807, 2.05) is 115 Å². The molecule has 4 aromatic carbocycles. The van der Waals surface area contributed by atoms with E-state index in [9.17, 15) is 29.7 Å². The molecule has 4 aromatic rings. The van der Waals surface area contributed by atoms with E-state index in [1.165, 1.54) is 0 Å². The van der Waals surface area contributed by atoms with Crippen LogP contribution in [0.1, 0.15) is 101 Å². The van der Waals surface area contributed by atoms with Gasteiger partial charge in [0.05, 0.1) is 6.42 Å². The fourth-order valence-corrected chi connectivity index (χ4v) is 6.31. The van der Waals surface area contributed by atoms with E-state index in [4.69, 9.17) is 9.84 Å². The highest BCUT2D eigenvalue weighted by atomic mass is 16.5. The smallest absolute Gasteiger partial charge is 0.303 e. The zero-order chi connectivity index (χ0) is 34.8. The second kappa shape index (κ2) is 16.5. The van der Waals surface area contributed by atoms with Crippen LogP contribution in [-0.2, 0) is 9.59 Å². The first-order valence-electron chi connectivity index (χ1n) is 16.5. The van der Waals surface area contributed by atoms with E-state index < -0.39 is 29.9 Å². The predicted molar refractivity (Wildman–Crippen MR) is 187 cm³/mol. The number of aliphatic carboxylic acids is 2. The number of phenols is 2. The molecule has 0 aromatic heterocycles. The van der Waals surface area contributed by atoms with Gasteiger partial charge in [0.25, 0.3) is 0 Å². The molecule has 0 radical (unpaired) electrons.